The van der Waals surface area contributed by atoms with Crippen molar-refractivity contribution in [2.45, 2.75) is 182 Å². The van der Waals surface area contributed by atoms with Crippen LogP contribution in [-0.4, -0.2) is 132 Å². The van der Waals surface area contributed by atoms with Gasteiger partial charge in [-0.3, -0.25) is 33.7 Å². The summed E-state index contributed by atoms with van der Waals surface area (Å²) >= 11 is 0. The zero-order valence-electron chi connectivity index (χ0n) is 42.9. The fraction of sp³-hybridized carbons (Fsp3) is 0.725. The molecule has 0 bridgehead atoms. The number of hydrogen-bond donors (Lipinski definition) is 4. The van der Waals surface area contributed by atoms with Gasteiger partial charge in [-0.25, -0.2) is 0 Å². The molecule has 1 fully saturated rings. The number of nitrogens with one attached hydrogen (secondary N) is 4. The summed E-state index contributed by atoms with van der Waals surface area (Å²) in [6.45, 7) is 20.0. The third-order valence-corrected chi connectivity index (χ3v) is 13.3. The van der Waals surface area contributed by atoms with Crippen LogP contribution in [0.5, 0.6) is 0 Å². The van der Waals surface area contributed by atoms with Gasteiger partial charge in [0, 0.05) is 44.7 Å². The van der Waals surface area contributed by atoms with Crippen LogP contribution in [0.4, 0.5) is 0 Å². The second kappa shape index (κ2) is 26.6. The van der Waals surface area contributed by atoms with Crippen molar-refractivity contribution in [2.24, 2.45) is 23.7 Å². The lowest BCUT2D eigenvalue weighted by Crippen LogP contribution is -2.60. The number of hydrogen-bond acceptors (Lipinski definition) is 8. The molecule has 9 atom stereocenters. The van der Waals surface area contributed by atoms with Gasteiger partial charge in [0.2, 0.25) is 35.4 Å². The first-order valence-corrected chi connectivity index (χ1v) is 24.7. The lowest BCUT2D eigenvalue weighted by molar-refractivity contribution is -0.145. The van der Waals surface area contributed by atoms with E-state index in [2.05, 4.69) is 49.0 Å². The van der Waals surface area contributed by atoms with Gasteiger partial charge in [0.05, 0.1) is 11.6 Å². The predicted octanol–water partition coefficient (Wildman–Crippen LogP) is 5.71. The highest BCUT2D eigenvalue weighted by molar-refractivity contribution is 5.97. The average molecular weight is 923 g/mol. The van der Waals surface area contributed by atoms with Crippen molar-refractivity contribution in [3.63, 3.8) is 0 Å². The highest BCUT2D eigenvalue weighted by Crippen LogP contribution is 2.25. The topological polar surface area (TPSA) is 174 Å². The Morgan fingerprint density at radius 1 is 0.652 bits per heavy atom. The third kappa shape index (κ3) is 16.0. The first-order chi connectivity index (χ1) is 31.1. The van der Waals surface area contributed by atoms with Crippen LogP contribution in [-0.2, 0) is 35.2 Å². The number of carbonyl (C=O) groups is 6. The SMILES string of the molecule is CCCC[C@@H](C)C[C@H]1CN(C)[C@@H](C)C(=O)N[C@H](C)C(=O)N[C@@H](C[C@H](C)CCCC)C(=O)N(C)[C@@H](CC(C)C)C(=O)N[C@@H](CC(C)C)C(=O)N(C)[C@@H](Cc2cn(OC)c3ccccc23)C(=O)N1. The summed E-state index contributed by atoms with van der Waals surface area (Å²) in [6, 6.07) is 1.65. The Bertz CT molecular complexity index is 1900. The van der Waals surface area contributed by atoms with E-state index in [9.17, 15) is 19.2 Å². The standard InChI is InChI=1S/C51H86N8O7/c1-15-17-21-34(7)27-39-31-56(11)37(10)47(61)52-36(9)46(60)54-42(28-35(8)22-18-16-2)51(65)57(12)44(26-33(5)6)49(63)55-41(25-32(3)4)50(64)58(13)45(48(62)53-39)29-38-30-59(66-14)43-24-20-19-23-40(38)43/h19-20,23-24,30,32-37,39,41-42,44-45H,15-18,21-22,25-29,31H2,1-14H3,(H,52,61)(H,53,62)(H,54,60)(H,55,63)/t34-,35-,36-,37+,39+,41+,42+,44+,45+/m1/s1. The minimum absolute atomic E-state index is 0.0146. The lowest BCUT2D eigenvalue weighted by Gasteiger charge is -2.36. The maximum atomic E-state index is 15.0. The van der Waals surface area contributed by atoms with Crippen LogP contribution in [0, 0.1) is 23.7 Å². The van der Waals surface area contributed by atoms with Crippen LogP contribution in [0.15, 0.2) is 30.5 Å². The van der Waals surface area contributed by atoms with Gasteiger partial charge in [-0.1, -0.05) is 112 Å². The summed E-state index contributed by atoms with van der Waals surface area (Å²) in [5, 5.41) is 13.1. The molecule has 1 aliphatic heterocycles. The highest BCUT2D eigenvalue weighted by Gasteiger charge is 2.39. The first kappa shape index (κ1) is 55.7. The summed E-state index contributed by atoms with van der Waals surface area (Å²) in [6.07, 6.45) is 9.33. The number of likely N-dealkylation sites (N-methyl/N-ethyl adjacent to an activating group) is 3. The van der Waals surface area contributed by atoms with Crippen molar-refractivity contribution < 1.29 is 33.6 Å². The molecule has 3 rings (SSSR count). The Kier molecular flexibility index (Phi) is 22.5. The zero-order chi connectivity index (χ0) is 49.4. The van der Waals surface area contributed by atoms with Crippen molar-refractivity contribution in [1.29, 1.82) is 0 Å². The number of unbranched alkanes of at least 4 members (excludes halogenated alkanes) is 2. The highest BCUT2D eigenvalue weighted by atomic mass is 16.6. The molecule has 1 aromatic carbocycles. The van der Waals surface area contributed by atoms with E-state index < -0.39 is 65.9 Å². The van der Waals surface area contributed by atoms with Crippen molar-refractivity contribution in [3.8, 4) is 0 Å². The molecular formula is C51H86N8O7. The summed E-state index contributed by atoms with van der Waals surface area (Å²) in [5.41, 5.74) is 1.61. The molecule has 66 heavy (non-hydrogen) atoms. The van der Waals surface area contributed by atoms with E-state index >= 15 is 9.59 Å². The summed E-state index contributed by atoms with van der Waals surface area (Å²) in [5.74, 6) is -2.34. The lowest BCUT2D eigenvalue weighted by atomic mass is 9.94. The van der Waals surface area contributed by atoms with Crippen molar-refractivity contribution in [2.75, 3.05) is 34.8 Å². The molecular weight excluding hydrogens is 837 g/mol. The molecule has 0 radical (unpaired) electrons. The second-order valence-electron chi connectivity index (χ2n) is 20.2. The zero-order valence-corrected chi connectivity index (χ0v) is 42.9. The van der Waals surface area contributed by atoms with Crippen LogP contribution in [0.3, 0.4) is 0 Å². The summed E-state index contributed by atoms with van der Waals surface area (Å²) in [7, 11) is 6.58. The maximum absolute atomic E-state index is 15.0. The van der Waals surface area contributed by atoms with Crippen molar-refractivity contribution in [1.82, 2.24) is 40.7 Å². The Labute approximate surface area is 396 Å². The van der Waals surface area contributed by atoms with Crippen LogP contribution >= 0.6 is 0 Å². The van der Waals surface area contributed by atoms with Crippen LogP contribution in [0.1, 0.15) is 139 Å². The molecule has 0 unspecified atom stereocenters. The number of aromatic nitrogens is 1. The molecule has 1 aliphatic rings. The Morgan fingerprint density at radius 2 is 1.18 bits per heavy atom. The van der Waals surface area contributed by atoms with Crippen molar-refractivity contribution >= 4 is 46.3 Å². The third-order valence-electron chi connectivity index (χ3n) is 13.3. The molecule has 4 N–H and O–H groups in total. The van der Waals surface area contributed by atoms with E-state index in [-0.39, 0.29) is 48.3 Å². The van der Waals surface area contributed by atoms with Gasteiger partial charge in [0.1, 0.15) is 37.3 Å². The van der Waals surface area contributed by atoms with Crippen LogP contribution in [0.25, 0.3) is 10.9 Å². The number of benzene rings is 1. The van der Waals surface area contributed by atoms with Gasteiger partial charge in [-0.2, -0.15) is 4.73 Å². The molecule has 372 valence electrons. The fourth-order valence-corrected chi connectivity index (χ4v) is 9.12. The molecule has 15 nitrogen and oxygen atoms in total. The quantitative estimate of drug-likeness (QED) is 0.156. The molecule has 0 aliphatic carbocycles. The molecule has 1 aromatic heterocycles. The fourth-order valence-electron chi connectivity index (χ4n) is 9.12. The normalized spacial score (nSPS) is 25.1. The van der Waals surface area contributed by atoms with Gasteiger partial charge in [-0.05, 0) is 81.9 Å². The molecule has 0 spiro atoms. The number of para-hydroxylation sites is 1. The number of nitrogens with zero attached hydrogens (tertiary/aromatic N) is 4. The summed E-state index contributed by atoms with van der Waals surface area (Å²) in [4.78, 5) is 97.6. The minimum Gasteiger partial charge on any atom is -0.417 e. The predicted molar refractivity (Wildman–Crippen MR) is 262 cm³/mol. The second-order valence-corrected chi connectivity index (χ2v) is 20.2. The molecule has 2 aromatic rings. The number of rotatable bonds is 17. The molecule has 1 saturated heterocycles. The van der Waals surface area contributed by atoms with E-state index in [4.69, 9.17) is 4.84 Å². The van der Waals surface area contributed by atoms with Gasteiger partial charge in [-0.15, -0.1) is 0 Å². The Hall–Kier alpha value is -4.66. The van der Waals surface area contributed by atoms with Gasteiger partial charge < -0.3 is 35.9 Å². The summed E-state index contributed by atoms with van der Waals surface area (Å²) < 4.78 is 1.65. The van der Waals surface area contributed by atoms with E-state index in [0.29, 0.717) is 25.8 Å². The molecule has 2 heterocycles. The van der Waals surface area contributed by atoms with E-state index in [1.54, 1.807) is 39.8 Å². The molecule has 15 heteroatoms. The van der Waals surface area contributed by atoms with E-state index in [1.165, 1.54) is 9.80 Å². The van der Waals surface area contributed by atoms with Gasteiger partial charge in [0.25, 0.3) is 0 Å². The smallest absolute Gasteiger partial charge is 0.245 e. The van der Waals surface area contributed by atoms with E-state index in [1.807, 2.05) is 70.1 Å². The Balaban J connectivity index is 2.24. The number of amides is 6. The maximum Gasteiger partial charge on any atom is 0.245 e. The van der Waals surface area contributed by atoms with Gasteiger partial charge >= 0.3 is 0 Å². The minimum atomic E-state index is -1.02. The van der Waals surface area contributed by atoms with Crippen LogP contribution < -0.4 is 26.1 Å². The molecule has 0 saturated carbocycles. The number of carbonyl (C=O) groups excluding carboxylic acids is 6. The number of fused-ring (bicyclic) bond motifs is 1. The largest absolute Gasteiger partial charge is 0.417 e. The average Bonchev–Trinajstić information content (AvgIpc) is 3.63. The Morgan fingerprint density at radius 3 is 1.76 bits per heavy atom. The van der Waals surface area contributed by atoms with Crippen LogP contribution in [0.2, 0.25) is 0 Å². The van der Waals surface area contributed by atoms with E-state index in [0.717, 1.165) is 55.0 Å². The molecule has 6 amide bonds. The first-order valence-electron chi connectivity index (χ1n) is 24.7. The van der Waals surface area contributed by atoms with Gasteiger partial charge in [0.15, 0.2) is 0 Å². The van der Waals surface area contributed by atoms with Crippen molar-refractivity contribution in [3.05, 3.63) is 36.0 Å². The monoisotopic (exact) mass is 923 g/mol.